The van der Waals surface area contributed by atoms with Gasteiger partial charge in [-0.15, -0.1) is 0 Å². The Morgan fingerprint density at radius 1 is 0.341 bits per heavy atom. The van der Waals surface area contributed by atoms with Crippen LogP contribution in [0.2, 0.25) is 0 Å². The van der Waals surface area contributed by atoms with Crippen molar-refractivity contribution in [2.75, 3.05) is 13.2 Å². The van der Waals surface area contributed by atoms with Crippen molar-refractivity contribution in [1.82, 2.24) is 5.32 Å². The van der Waals surface area contributed by atoms with E-state index in [9.17, 15) is 19.8 Å². The maximum atomic E-state index is 12.5. The molecule has 1 amide bonds. The molecule has 0 heterocycles. The number of hydrogen-bond acceptors (Lipinski definition) is 5. The first-order valence-corrected chi connectivity index (χ1v) is 36.9. The summed E-state index contributed by atoms with van der Waals surface area (Å²) in [4.78, 5) is 24.6. The molecule has 0 fully saturated rings. The lowest BCUT2D eigenvalue weighted by molar-refractivity contribution is -0.143. The van der Waals surface area contributed by atoms with Gasteiger partial charge in [0.25, 0.3) is 0 Å². The smallest absolute Gasteiger partial charge is 0.305 e. The largest absolute Gasteiger partial charge is 0.466 e. The van der Waals surface area contributed by atoms with E-state index in [4.69, 9.17) is 4.74 Å². The SMILES string of the molecule is CCCCCC/C=C\C/C=C\CCCCCCCCCC(=O)OCCCCCCCCCCC/C=C\C/C=C\CCCCCCCCCCCCCCCCCC(=O)NC(CO)C(O)CCCCCCCCCCCCCCCCCC. The molecule has 82 heavy (non-hydrogen) atoms. The van der Waals surface area contributed by atoms with Crippen molar-refractivity contribution < 1.29 is 24.5 Å². The highest BCUT2D eigenvalue weighted by molar-refractivity contribution is 5.76. The van der Waals surface area contributed by atoms with Gasteiger partial charge in [-0.05, 0) is 89.9 Å². The van der Waals surface area contributed by atoms with Crippen LogP contribution in [0.3, 0.4) is 0 Å². The topological polar surface area (TPSA) is 95.9 Å². The van der Waals surface area contributed by atoms with Crippen LogP contribution in [0.1, 0.15) is 399 Å². The van der Waals surface area contributed by atoms with Gasteiger partial charge in [-0.25, -0.2) is 0 Å². The summed E-state index contributed by atoms with van der Waals surface area (Å²) < 4.78 is 5.50. The van der Waals surface area contributed by atoms with E-state index in [0.29, 0.717) is 25.9 Å². The zero-order valence-corrected chi connectivity index (χ0v) is 55.2. The first kappa shape index (κ1) is 79.8. The second-order valence-corrected chi connectivity index (χ2v) is 25.3. The summed E-state index contributed by atoms with van der Waals surface area (Å²) in [6.45, 7) is 4.96. The molecule has 3 N–H and O–H groups in total. The zero-order chi connectivity index (χ0) is 59.2. The van der Waals surface area contributed by atoms with Crippen molar-refractivity contribution in [1.29, 1.82) is 0 Å². The van der Waals surface area contributed by atoms with Gasteiger partial charge in [-0.1, -0.05) is 345 Å². The molecule has 0 spiro atoms. The van der Waals surface area contributed by atoms with Crippen LogP contribution >= 0.6 is 0 Å². The van der Waals surface area contributed by atoms with E-state index in [1.807, 2.05) is 0 Å². The number of allylic oxidation sites excluding steroid dienone is 8. The van der Waals surface area contributed by atoms with Crippen molar-refractivity contribution >= 4 is 11.9 Å². The number of rotatable bonds is 69. The van der Waals surface area contributed by atoms with Gasteiger partial charge in [0, 0.05) is 12.8 Å². The minimum Gasteiger partial charge on any atom is -0.466 e. The fourth-order valence-electron chi connectivity index (χ4n) is 11.5. The van der Waals surface area contributed by atoms with Gasteiger partial charge >= 0.3 is 5.97 Å². The fraction of sp³-hybridized carbons (Fsp3) is 0.868. The summed E-state index contributed by atoms with van der Waals surface area (Å²) >= 11 is 0. The predicted octanol–water partition coefficient (Wildman–Crippen LogP) is 24.0. The molecule has 0 saturated heterocycles. The van der Waals surface area contributed by atoms with Crippen LogP contribution in [0.4, 0.5) is 0 Å². The van der Waals surface area contributed by atoms with E-state index in [2.05, 4.69) is 67.8 Å². The minimum atomic E-state index is -0.665. The van der Waals surface area contributed by atoms with Gasteiger partial charge in [-0.2, -0.15) is 0 Å². The Hall–Kier alpha value is -2.18. The maximum absolute atomic E-state index is 12.5. The van der Waals surface area contributed by atoms with Crippen LogP contribution in [-0.4, -0.2) is 47.4 Å². The number of esters is 1. The van der Waals surface area contributed by atoms with Crippen molar-refractivity contribution in [3.63, 3.8) is 0 Å². The Bertz CT molecular complexity index is 1370. The number of hydrogen-bond donors (Lipinski definition) is 3. The molecule has 482 valence electrons. The Labute approximate surface area is 512 Å². The summed E-state index contributed by atoms with van der Waals surface area (Å²) in [6.07, 6.45) is 93.1. The Kier molecular flexibility index (Phi) is 69.4. The van der Waals surface area contributed by atoms with E-state index in [1.54, 1.807) is 0 Å². The Morgan fingerprint density at radius 2 is 0.610 bits per heavy atom. The van der Waals surface area contributed by atoms with E-state index < -0.39 is 12.1 Å². The quantitative estimate of drug-likeness (QED) is 0.0320. The molecule has 0 rings (SSSR count). The molecule has 2 atom stereocenters. The van der Waals surface area contributed by atoms with Gasteiger partial charge in [-0.3, -0.25) is 9.59 Å². The van der Waals surface area contributed by atoms with Crippen LogP contribution in [0.5, 0.6) is 0 Å². The highest BCUT2D eigenvalue weighted by atomic mass is 16.5. The van der Waals surface area contributed by atoms with E-state index in [1.165, 1.54) is 308 Å². The summed E-state index contributed by atoms with van der Waals surface area (Å²) in [5.41, 5.74) is 0. The molecule has 6 nitrogen and oxygen atoms in total. The number of ether oxygens (including phenoxy) is 1. The van der Waals surface area contributed by atoms with Crippen molar-refractivity contribution in [3.05, 3.63) is 48.6 Å². The van der Waals surface area contributed by atoms with Crippen LogP contribution in [-0.2, 0) is 14.3 Å². The normalized spacial score (nSPS) is 12.8. The molecule has 0 aliphatic heterocycles. The van der Waals surface area contributed by atoms with Gasteiger partial charge < -0.3 is 20.3 Å². The molecule has 0 aliphatic carbocycles. The fourth-order valence-corrected chi connectivity index (χ4v) is 11.5. The molecule has 0 aromatic heterocycles. The number of amides is 1. The molecule has 6 heteroatoms. The number of aliphatic hydroxyl groups is 2. The van der Waals surface area contributed by atoms with E-state index >= 15 is 0 Å². The summed E-state index contributed by atoms with van der Waals surface area (Å²) in [5, 5.41) is 23.4. The summed E-state index contributed by atoms with van der Waals surface area (Å²) in [7, 11) is 0. The van der Waals surface area contributed by atoms with Crippen LogP contribution in [0.15, 0.2) is 48.6 Å². The lowest BCUT2D eigenvalue weighted by atomic mass is 10.0. The monoisotopic (exact) mass is 1150 g/mol. The molecule has 0 saturated carbocycles. The predicted molar refractivity (Wildman–Crippen MR) is 361 cm³/mol. The van der Waals surface area contributed by atoms with Gasteiger partial charge in [0.2, 0.25) is 5.91 Å². The second kappa shape index (κ2) is 71.3. The minimum absolute atomic E-state index is 0.00611. The molecular weight excluding hydrogens is 1010 g/mol. The van der Waals surface area contributed by atoms with Crippen molar-refractivity contribution in [3.8, 4) is 0 Å². The summed E-state index contributed by atoms with van der Waals surface area (Å²) in [6, 6.07) is -0.542. The number of unbranched alkanes of at least 4 members (excludes halogenated alkanes) is 50. The second-order valence-electron chi connectivity index (χ2n) is 25.3. The van der Waals surface area contributed by atoms with Gasteiger partial charge in [0.15, 0.2) is 0 Å². The first-order chi connectivity index (χ1) is 40.5. The average molecular weight is 1150 g/mol. The number of aliphatic hydroxyl groups excluding tert-OH is 2. The van der Waals surface area contributed by atoms with Gasteiger partial charge in [0.05, 0.1) is 25.4 Å². The molecule has 0 aliphatic rings. The standard InChI is InChI=1S/C76H143NO5/c1-3-5-7-9-11-13-15-17-19-21-38-42-46-50-54-58-62-66-70-76(81)82-71-67-63-59-55-51-47-43-39-36-34-32-30-28-26-24-22-23-25-27-29-31-33-35-37-41-45-49-53-57-61-65-69-75(80)77-73(72-78)74(79)68-64-60-56-52-48-44-40-20-18-16-14-12-10-8-6-4-2/h13,15,19,21,24,26,30,32,73-74,78-79H,3-12,14,16-18,20,22-23,25,27-29,31,33-72H2,1-2H3,(H,77,80)/b15-13-,21-19-,26-24-,32-30-. The summed E-state index contributed by atoms with van der Waals surface area (Å²) in [5.74, 6) is -0.0256. The van der Waals surface area contributed by atoms with E-state index in [0.717, 1.165) is 57.8 Å². The number of nitrogens with one attached hydrogen (secondary N) is 1. The van der Waals surface area contributed by atoms with Gasteiger partial charge in [0.1, 0.15) is 0 Å². The Morgan fingerprint density at radius 3 is 0.939 bits per heavy atom. The highest BCUT2D eigenvalue weighted by Crippen LogP contribution is 2.19. The third-order valence-corrected chi connectivity index (χ3v) is 17.1. The third kappa shape index (κ3) is 67.0. The molecule has 0 bridgehead atoms. The van der Waals surface area contributed by atoms with Crippen LogP contribution in [0.25, 0.3) is 0 Å². The number of carbonyl (C=O) groups excluding carboxylic acids is 2. The lowest BCUT2D eigenvalue weighted by Gasteiger charge is -2.22. The number of carbonyl (C=O) groups is 2. The van der Waals surface area contributed by atoms with Crippen LogP contribution in [0, 0.1) is 0 Å². The molecule has 0 aromatic rings. The average Bonchev–Trinajstić information content (AvgIpc) is 3.48. The molecule has 0 radical (unpaired) electrons. The molecule has 0 aromatic carbocycles. The van der Waals surface area contributed by atoms with Crippen LogP contribution < -0.4 is 5.32 Å². The van der Waals surface area contributed by atoms with Crippen molar-refractivity contribution in [2.45, 2.75) is 411 Å². The molecule has 2 unspecified atom stereocenters. The first-order valence-electron chi connectivity index (χ1n) is 36.9. The third-order valence-electron chi connectivity index (χ3n) is 17.1. The van der Waals surface area contributed by atoms with E-state index in [-0.39, 0.29) is 18.5 Å². The lowest BCUT2D eigenvalue weighted by Crippen LogP contribution is -2.45. The highest BCUT2D eigenvalue weighted by Gasteiger charge is 2.20. The molecular formula is C76H143NO5. The van der Waals surface area contributed by atoms with Crippen molar-refractivity contribution in [2.24, 2.45) is 0 Å². The maximum Gasteiger partial charge on any atom is 0.305 e. The zero-order valence-electron chi connectivity index (χ0n) is 55.2. The Balaban J connectivity index is 3.39.